The largest absolute Gasteiger partial charge is 0.372 e. The molecule has 19 heavy (non-hydrogen) atoms. The molecule has 2 aromatic heterocycles. The highest BCUT2D eigenvalue weighted by Crippen LogP contribution is 2.27. The summed E-state index contributed by atoms with van der Waals surface area (Å²) >= 11 is 6.32. The summed E-state index contributed by atoms with van der Waals surface area (Å²) in [5.41, 5.74) is 0.814. The van der Waals surface area contributed by atoms with Gasteiger partial charge in [-0.1, -0.05) is 11.6 Å². The predicted octanol–water partition coefficient (Wildman–Crippen LogP) is 2.24. The van der Waals surface area contributed by atoms with Gasteiger partial charge in [-0.05, 0) is 13.8 Å². The zero-order chi connectivity index (χ0) is 13.6. The Hall–Kier alpha value is -1.33. The molecular formula is C13H17ClN4O. The number of morpholine rings is 1. The Morgan fingerprint density at radius 1 is 1.32 bits per heavy atom. The summed E-state index contributed by atoms with van der Waals surface area (Å²) in [6, 6.07) is 1.91. The van der Waals surface area contributed by atoms with Gasteiger partial charge in [0.2, 0.25) is 0 Å². The second-order valence-corrected chi connectivity index (χ2v) is 5.54. The molecule has 0 unspecified atom stereocenters. The lowest BCUT2D eigenvalue weighted by Crippen LogP contribution is -2.45. The number of pyridine rings is 1. The van der Waals surface area contributed by atoms with Crippen LogP contribution in [0.25, 0.3) is 11.0 Å². The average molecular weight is 281 g/mol. The van der Waals surface area contributed by atoms with Crippen molar-refractivity contribution in [1.82, 2.24) is 14.8 Å². The van der Waals surface area contributed by atoms with E-state index in [1.165, 1.54) is 0 Å². The molecule has 0 aliphatic carbocycles. The summed E-state index contributed by atoms with van der Waals surface area (Å²) in [6.45, 7) is 5.81. The molecule has 0 bridgehead atoms. The number of anilines is 1. The van der Waals surface area contributed by atoms with Gasteiger partial charge in [0.05, 0.1) is 28.8 Å². The van der Waals surface area contributed by atoms with E-state index in [4.69, 9.17) is 16.3 Å². The van der Waals surface area contributed by atoms with E-state index in [0.717, 1.165) is 29.9 Å². The van der Waals surface area contributed by atoms with Crippen LogP contribution >= 0.6 is 11.6 Å². The summed E-state index contributed by atoms with van der Waals surface area (Å²) in [6.07, 6.45) is 2.15. The summed E-state index contributed by atoms with van der Waals surface area (Å²) in [7, 11) is 1.88. The van der Waals surface area contributed by atoms with E-state index in [1.807, 2.05) is 13.1 Å². The van der Waals surface area contributed by atoms with E-state index >= 15 is 0 Å². The van der Waals surface area contributed by atoms with Gasteiger partial charge < -0.3 is 9.64 Å². The first-order valence-corrected chi connectivity index (χ1v) is 6.81. The van der Waals surface area contributed by atoms with Crippen molar-refractivity contribution in [2.45, 2.75) is 26.1 Å². The normalized spacial score (nSPS) is 24.1. The lowest BCUT2D eigenvalue weighted by molar-refractivity contribution is -0.00544. The SMILES string of the molecule is C[C@@H]1CN(c2cc(Cl)c3cnn(C)c3n2)C[C@@H](C)O1. The smallest absolute Gasteiger partial charge is 0.161 e. The highest BCUT2D eigenvalue weighted by Gasteiger charge is 2.24. The number of aryl methyl sites for hydroxylation is 1. The van der Waals surface area contributed by atoms with Crippen molar-refractivity contribution in [3.8, 4) is 0 Å². The van der Waals surface area contributed by atoms with E-state index in [9.17, 15) is 0 Å². The van der Waals surface area contributed by atoms with Crippen LogP contribution in [-0.2, 0) is 11.8 Å². The molecule has 0 spiro atoms. The quantitative estimate of drug-likeness (QED) is 0.803. The number of fused-ring (bicyclic) bond motifs is 1. The van der Waals surface area contributed by atoms with Crippen LogP contribution in [0.2, 0.25) is 5.02 Å². The average Bonchev–Trinajstić information content (AvgIpc) is 2.70. The molecule has 0 saturated carbocycles. The Labute approximate surface area is 117 Å². The molecule has 1 aliphatic heterocycles. The van der Waals surface area contributed by atoms with Crippen LogP contribution < -0.4 is 4.90 Å². The van der Waals surface area contributed by atoms with Gasteiger partial charge in [0.1, 0.15) is 5.82 Å². The third-order valence-corrected chi connectivity index (χ3v) is 3.70. The van der Waals surface area contributed by atoms with Gasteiger partial charge in [-0.3, -0.25) is 4.68 Å². The number of hydrogen-bond donors (Lipinski definition) is 0. The minimum atomic E-state index is 0.201. The number of ether oxygens (including phenoxy) is 1. The molecule has 0 aromatic carbocycles. The molecule has 0 N–H and O–H groups in total. The Morgan fingerprint density at radius 3 is 2.68 bits per heavy atom. The minimum Gasteiger partial charge on any atom is -0.372 e. The molecule has 1 fully saturated rings. The number of halogens is 1. The van der Waals surface area contributed by atoms with Crippen LogP contribution in [0.5, 0.6) is 0 Å². The topological polar surface area (TPSA) is 43.2 Å². The van der Waals surface area contributed by atoms with Gasteiger partial charge in [-0.2, -0.15) is 5.10 Å². The molecular weight excluding hydrogens is 264 g/mol. The van der Waals surface area contributed by atoms with Gasteiger partial charge in [0.15, 0.2) is 5.65 Å². The van der Waals surface area contributed by atoms with Gasteiger partial charge in [0.25, 0.3) is 0 Å². The van der Waals surface area contributed by atoms with E-state index in [0.29, 0.717) is 5.02 Å². The number of hydrogen-bond acceptors (Lipinski definition) is 4. The van der Waals surface area contributed by atoms with Crippen molar-refractivity contribution in [3.05, 3.63) is 17.3 Å². The summed E-state index contributed by atoms with van der Waals surface area (Å²) in [5, 5.41) is 5.78. The van der Waals surface area contributed by atoms with Crippen LogP contribution in [0.15, 0.2) is 12.3 Å². The fraction of sp³-hybridized carbons (Fsp3) is 0.538. The van der Waals surface area contributed by atoms with Crippen LogP contribution in [0, 0.1) is 0 Å². The van der Waals surface area contributed by atoms with Crippen LogP contribution in [0.4, 0.5) is 5.82 Å². The van der Waals surface area contributed by atoms with Crippen LogP contribution in [-0.4, -0.2) is 40.1 Å². The molecule has 0 radical (unpaired) electrons. The molecule has 2 atom stereocenters. The second kappa shape index (κ2) is 4.65. The zero-order valence-electron chi connectivity index (χ0n) is 11.3. The highest BCUT2D eigenvalue weighted by molar-refractivity contribution is 6.35. The molecule has 1 aliphatic rings. The molecule has 6 heteroatoms. The molecule has 3 rings (SSSR count). The first-order valence-electron chi connectivity index (χ1n) is 6.43. The van der Waals surface area contributed by atoms with Crippen molar-refractivity contribution in [1.29, 1.82) is 0 Å². The van der Waals surface area contributed by atoms with Crippen molar-refractivity contribution in [2.75, 3.05) is 18.0 Å². The van der Waals surface area contributed by atoms with E-state index in [1.54, 1.807) is 10.9 Å². The minimum absolute atomic E-state index is 0.201. The first kappa shape index (κ1) is 12.7. The van der Waals surface area contributed by atoms with Crippen molar-refractivity contribution in [2.24, 2.45) is 7.05 Å². The second-order valence-electron chi connectivity index (χ2n) is 5.13. The molecule has 0 amide bonds. The van der Waals surface area contributed by atoms with E-state index in [2.05, 4.69) is 28.8 Å². The fourth-order valence-corrected chi connectivity index (χ4v) is 2.82. The Kier molecular flexibility index (Phi) is 3.11. The van der Waals surface area contributed by atoms with Crippen LogP contribution in [0.3, 0.4) is 0 Å². The molecule has 5 nitrogen and oxygen atoms in total. The fourth-order valence-electron chi connectivity index (χ4n) is 2.59. The van der Waals surface area contributed by atoms with Gasteiger partial charge >= 0.3 is 0 Å². The van der Waals surface area contributed by atoms with E-state index in [-0.39, 0.29) is 12.2 Å². The molecule has 3 heterocycles. The molecule has 102 valence electrons. The lowest BCUT2D eigenvalue weighted by atomic mass is 10.2. The van der Waals surface area contributed by atoms with Crippen molar-refractivity contribution in [3.63, 3.8) is 0 Å². The third-order valence-electron chi connectivity index (χ3n) is 3.38. The first-order chi connectivity index (χ1) is 9.04. The third kappa shape index (κ3) is 2.28. The Morgan fingerprint density at radius 2 is 2.00 bits per heavy atom. The monoisotopic (exact) mass is 280 g/mol. The molecule has 2 aromatic rings. The van der Waals surface area contributed by atoms with Crippen molar-refractivity contribution < 1.29 is 4.74 Å². The maximum absolute atomic E-state index is 6.32. The predicted molar refractivity (Wildman–Crippen MR) is 75.7 cm³/mol. The van der Waals surface area contributed by atoms with Gasteiger partial charge in [-0.25, -0.2) is 4.98 Å². The Bertz CT molecular complexity index is 602. The van der Waals surface area contributed by atoms with Gasteiger partial charge in [-0.15, -0.1) is 0 Å². The van der Waals surface area contributed by atoms with Crippen molar-refractivity contribution >= 4 is 28.5 Å². The standard InChI is InChI=1S/C13H17ClN4O/c1-8-6-18(7-9(2)19-8)12-4-11(14)10-5-15-17(3)13(10)16-12/h4-5,8-9H,6-7H2,1-3H3/t8-,9-/m1/s1. The zero-order valence-corrected chi connectivity index (χ0v) is 12.1. The Balaban J connectivity index is 2.02. The maximum Gasteiger partial charge on any atom is 0.161 e. The van der Waals surface area contributed by atoms with Crippen LogP contribution in [0.1, 0.15) is 13.8 Å². The number of rotatable bonds is 1. The molecule has 1 saturated heterocycles. The lowest BCUT2D eigenvalue weighted by Gasteiger charge is -2.36. The highest BCUT2D eigenvalue weighted by atomic mass is 35.5. The summed E-state index contributed by atoms with van der Waals surface area (Å²) in [5.74, 6) is 0.892. The summed E-state index contributed by atoms with van der Waals surface area (Å²) in [4.78, 5) is 6.89. The number of aromatic nitrogens is 3. The number of nitrogens with zero attached hydrogens (tertiary/aromatic N) is 4. The summed E-state index contributed by atoms with van der Waals surface area (Å²) < 4.78 is 7.49. The van der Waals surface area contributed by atoms with Gasteiger partial charge in [0, 0.05) is 26.2 Å². The van der Waals surface area contributed by atoms with E-state index < -0.39 is 0 Å². The maximum atomic E-state index is 6.32.